The van der Waals surface area contributed by atoms with Gasteiger partial charge in [0.25, 0.3) is 0 Å². The van der Waals surface area contributed by atoms with Gasteiger partial charge in [0.15, 0.2) is 0 Å². The van der Waals surface area contributed by atoms with Crippen LogP contribution < -0.4 is 20.7 Å². The molecule has 31 heavy (non-hydrogen) atoms. The molecule has 156 valence electrons. The maximum Gasteiger partial charge on any atom is 0.124 e. The summed E-state index contributed by atoms with van der Waals surface area (Å²) in [6.45, 7) is 2.10. The first-order valence-corrected chi connectivity index (χ1v) is 13.7. The van der Waals surface area contributed by atoms with Crippen LogP contribution in [0.15, 0.2) is 106 Å². The molecule has 0 heterocycles. The van der Waals surface area contributed by atoms with E-state index in [1.165, 1.54) is 21.5 Å². The Bertz CT molecular complexity index is 1070. The van der Waals surface area contributed by atoms with Crippen LogP contribution >= 0.6 is 39.1 Å². The summed E-state index contributed by atoms with van der Waals surface area (Å²) in [6.07, 6.45) is 0.900. The lowest BCUT2D eigenvalue weighted by Crippen LogP contribution is -2.32. The maximum atomic E-state index is 5.59. The third-order valence-electron chi connectivity index (χ3n) is 5.72. The number of ether oxygens (including phenoxy) is 1. The van der Waals surface area contributed by atoms with Crippen molar-refractivity contribution in [1.82, 2.24) is 0 Å². The second kappa shape index (κ2) is 9.69. The highest BCUT2D eigenvalue weighted by atomic mass is 79.9. The molecule has 0 amide bonds. The molecule has 4 aromatic carbocycles. The zero-order valence-corrected chi connectivity index (χ0v) is 21.6. The summed E-state index contributed by atoms with van der Waals surface area (Å²) < 4.78 is 7.76. The number of benzene rings is 4. The van der Waals surface area contributed by atoms with Gasteiger partial charge in [0.2, 0.25) is 0 Å². The molecule has 4 heteroatoms. The van der Waals surface area contributed by atoms with Crippen LogP contribution in [0.25, 0.3) is 0 Å². The van der Waals surface area contributed by atoms with Gasteiger partial charge in [-0.15, -0.1) is 0 Å². The van der Waals surface area contributed by atoms with Gasteiger partial charge in [-0.1, -0.05) is 70.5 Å². The Kier molecular flexibility index (Phi) is 6.96. The predicted octanol–water partition coefficient (Wildman–Crippen LogP) is 7.02. The van der Waals surface area contributed by atoms with E-state index in [1.807, 2.05) is 0 Å². The van der Waals surface area contributed by atoms with E-state index in [0.29, 0.717) is 0 Å². The molecule has 0 radical (unpaired) electrons. The van der Waals surface area contributed by atoms with Crippen molar-refractivity contribution in [3.8, 4) is 5.75 Å². The lowest BCUT2D eigenvalue weighted by Gasteiger charge is -2.29. The Hall–Kier alpha value is -1.93. The van der Waals surface area contributed by atoms with E-state index in [9.17, 15) is 0 Å². The van der Waals surface area contributed by atoms with E-state index in [2.05, 4.69) is 136 Å². The molecule has 0 atom stereocenters. The Morgan fingerprint density at radius 2 is 1.13 bits per heavy atom. The first-order chi connectivity index (χ1) is 15.1. The molecule has 0 saturated carbocycles. The molecule has 1 nitrogen and oxygen atoms in total. The minimum atomic E-state index is -1.97. The Balaban J connectivity index is 2.04. The first kappa shape index (κ1) is 22.3. The van der Waals surface area contributed by atoms with E-state index in [-0.39, 0.29) is 0 Å². The van der Waals surface area contributed by atoms with Gasteiger partial charge < -0.3 is 4.74 Å². The first-order valence-electron chi connectivity index (χ1n) is 10.1. The topological polar surface area (TPSA) is 9.23 Å². The predicted molar refractivity (Wildman–Crippen MR) is 142 cm³/mol. The number of halogens is 2. The highest BCUT2D eigenvalue weighted by molar-refractivity contribution is 9.11. The molecule has 0 bridgehead atoms. The van der Waals surface area contributed by atoms with Gasteiger partial charge in [-0.05, 0) is 65.3 Å². The number of rotatable bonds is 6. The van der Waals surface area contributed by atoms with E-state index in [1.54, 1.807) is 7.11 Å². The monoisotopic (exact) mass is 553 g/mol. The summed E-state index contributed by atoms with van der Waals surface area (Å²) in [7, 11) is -0.255. The zero-order chi connectivity index (χ0) is 21.8. The Morgan fingerprint density at radius 3 is 1.52 bits per heavy atom. The summed E-state index contributed by atoms with van der Waals surface area (Å²) in [6, 6.07) is 35.0. The highest BCUT2D eigenvalue weighted by Crippen LogP contribution is 2.59. The van der Waals surface area contributed by atoms with Gasteiger partial charge >= 0.3 is 0 Å². The molecule has 4 rings (SSSR count). The van der Waals surface area contributed by atoms with Crippen LogP contribution in [0, 0.1) is 6.92 Å². The van der Waals surface area contributed by atoms with Crippen molar-refractivity contribution in [2.75, 3.05) is 7.11 Å². The largest absolute Gasteiger partial charge is 0.496 e. The SMILES string of the molecule is COc1cc(Br)c(C[P+](c2ccccc2)(c2ccccc2)c2ccccc2)c(Br)c1C. The van der Waals surface area contributed by atoms with Crippen molar-refractivity contribution in [3.63, 3.8) is 0 Å². The fourth-order valence-corrected chi connectivity index (χ4v) is 10.2. The van der Waals surface area contributed by atoms with E-state index in [4.69, 9.17) is 4.74 Å². The normalized spacial score (nSPS) is 11.4. The summed E-state index contributed by atoms with van der Waals surface area (Å²) >= 11 is 7.75. The second-order valence-electron chi connectivity index (χ2n) is 7.45. The van der Waals surface area contributed by atoms with Gasteiger partial charge in [0, 0.05) is 20.1 Å². The molecule has 0 aromatic heterocycles. The lowest BCUT2D eigenvalue weighted by atomic mass is 10.1. The molecule has 0 aliphatic heterocycles. The average Bonchev–Trinajstić information content (AvgIpc) is 2.83. The summed E-state index contributed by atoms with van der Waals surface area (Å²) in [5.41, 5.74) is 2.39. The van der Waals surface area contributed by atoms with Gasteiger partial charge in [-0.2, -0.15) is 0 Å². The third-order valence-corrected chi connectivity index (χ3v) is 11.8. The van der Waals surface area contributed by atoms with Gasteiger partial charge in [-0.3, -0.25) is 0 Å². The molecule has 0 aliphatic rings. The molecule has 0 spiro atoms. The number of methoxy groups -OCH3 is 1. The van der Waals surface area contributed by atoms with E-state index in [0.717, 1.165) is 26.4 Å². The zero-order valence-electron chi connectivity index (χ0n) is 17.6. The van der Waals surface area contributed by atoms with Crippen LogP contribution in [0.4, 0.5) is 0 Å². The molecular formula is C27H24Br2OP+. The van der Waals surface area contributed by atoms with Gasteiger partial charge in [0.1, 0.15) is 35.1 Å². The standard InChI is InChI=1S/C27H24Br2OP/c1-20-26(30-2)18-25(28)24(27(20)29)19-31(21-12-6-3-7-13-21,22-14-8-4-9-15-22)23-16-10-5-11-17-23/h3-18H,19H2,1-2H3/q+1. The van der Waals surface area contributed by atoms with Crippen LogP contribution in [0.1, 0.15) is 11.1 Å². The fourth-order valence-electron chi connectivity index (χ4n) is 4.11. The van der Waals surface area contributed by atoms with Crippen LogP contribution in [0.5, 0.6) is 5.75 Å². The molecular weight excluding hydrogens is 531 g/mol. The van der Waals surface area contributed by atoms with Crippen molar-refractivity contribution in [2.45, 2.75) is 13.1 Å². The molecule has 0 aliphatic carbocycles. The van der Waals surface area contributed by atoms with Crippen molar-refractivity contribution in [3.05, 3.63) is 117 Å². The van der Waals surface area contributed by atoms with Crippen molar-refractivity contribution >= 4 is 55.0 Å². The number of hydrogen-bond donors (Lipinski definition) is 0. The van der Waals surface area contributed by atoms with Gasteiger partial charge in [-0.25, -0.2) is 0 Å². The third kappa shape index (κ3) is 4.24. The smallest absolute Gasteiger partial charge is 0.124 e. The average molecular weight is 555 g/mol. The van der Waals surface area contributed by atoms with Crippen LogP contribution in [-0.2, 0) is 6.16 Å². The fraction of sp³-hybridized carbons (Fsp3) is 0.111. The lowest BCUT2D eigenvalue weighted by molar-refractivity contribution is 0.411. The second-order valence-corrected chi connectivity index (χ2v) is 12.6. The summed E-state index contributed by atoms with van der Waals surface area (Å²) in [5, 5.41) is 4.12. The quantitative estimate of drug-likeness (QED) is 0.233. The minimum Gasteiger partial charge on any atom is -0.496 e. The van der Waals surface area contributed by atoms with Crippen molar-refractivity contribution < 1.29 is 4.74 Å². The van der Waals surface area contributed by atoms with Crippen molar-refractivity contribution in [2.24, 2.45) is 0 Å². The molecule has 0 fully saturated rings. The molecule has 0 saturated heterocycles. The highest BCUT2D eigenvalue weighted by Gasteiger charge is 2.46. The number of hydrogen-bond acceptors (Lipinski definition) is 1. The van der Waals surface area contributed by atoms with Crippen LogP contribution in [-0.4, -0.2) is 7.11 Å². The van der Waals surface area contributed by atoms with E-state index < -0.39 is 7.26 Å². The summed E-state index contributed by atoms with van der Waals surface area (Å²) in [5.74, 6) is 0.880. The Labute approximate surface area is 202 Å². The maximum absolute atomic E-state index is 5.59. The molecule has 4 aromatic rings. The minimum absolute atomic E-state index is 0.880. The van der Waals surface area contributed by atoms with E-state index >= 15 is 0 Å². The van der Waals surface area contributed by atoms with Crippen molar-refractivity contribution in [1.29, 1.82) is 0 Å². The molecule has 0 N–H and O–H groups in total. The van der Waals surface area contributed by atoms with Gasteiger partial charge in [0.05, 0.1) is 7.11 Å². The molecule has 0 unspecified atom stereocenters. The van der Waals surface area contributed by atoms with Crippen LogP contribution in [0.2, 0.25) is 0 Å². The Morgan fingerprint density at radius 1 is 0.710 bits per heavy atom. The summed E-state index contributed by atoms with van der Waals surface area (Å²) in [4.78, 5) is 0. The van der Waals surface area contributed by atoms with Crippen LogP contribution in [0.3, 0.4) is 0 Å².